The third kappa shape index (κ3) is 4.62. The lowest BCUT2D eigenvalue weighted by molar-refractivity contribution is 0.0681. The van der Waals surface area contributed by atoms with E-state index in [0.717, 1.165) is 5.56 Å². The number of aromatic nitrogens is 2. The third-order valence-electron chi connectivity index (χ3n) is 5.04. The number of hydrogen-bond donors (Lipinski definition) is 2. The Kier molecular flexibility index (Phi) is 6.89. The van der Waals surface area contributed by atoms with Gasteiger partial charge < -0.3 is 19.9 Å². The first-order valence-corrected chi connectivity index (χ1v) is 9.62. The van der Waals surface area contributed by atoms with E-state index in [0.29, 0.717) is 12.2 Å². The third-order valence-corrected chi connectivity index (χ3v) is 5.04. The molecule has 2 aromatic heterocycles. The maximum Gasteiger partial charge on any atom is 0.274 e. The van der Waals surface area contributed by atoms with Crippen LogP contribution in [0.25, 0.3) is 0 Å². The number of nitrogens with one attached hydrogen (secondary N) is 1. The lowest BCUT2D eigenvalue weighted by Gasteiger charge is -2.30. The summed E-state index contributed by atoms with van der Waals surface area (Å²) in [5.41, 5.74) is -0.00124. The molecule has 0 saturated heterocycles. The maximum atomic E-state index is 13.1. The summed E-state index contributed by atoms with van der Waals surface area (Å²) in [6.45, 7) is 0.919. The van der Waals surface area contributed by atoms with Gasteiger partial charge in [-0.05, 0) is 29.8 Å². The summed E-state index contributed by atoms with van der Waals surface area (Å²) in [6.07, 6.45) is 2.88. The number of benzene rings is 1. The highest BCUT2D eigenvalue weighted by Crippen LogP contribution is 2.22. The van der Waals surface area contributed by atoms with Gasteiger partial charge in [-0.25, -0.2) is 4.39 Å². The van der Waals surface area contributed by atoms with Crippen LogP contribution in [0.15, 0.2) is 59.7 Å². The Morgan fingerprint density at radius 2 is 1.88 bits per heavy atom. The first kappa shape index (κ1) is 23.0. The van der Waals surface area contributed by atoms with Crippen molar-refractivity contribution in [3.63, 3.8) is 0 Å². The molecule has 0 atom stereocenters. The van der Waals surface area contributed by atoms with E-state index in [4.69, 9.17) is 0 Å². The molecule has 1 aliphatic rings. The SMILES string of the molecule is Cl.O=C(NCc1ccccn1)c1cn2c(c(O)c1=O)C(=O)N(Cc1ccc(F)cc1)CC2. The standard InChI is InChI=1S/C22H19FN4O4.ClH/c23-15-6-4-14(5-7-15)12-27-10-9-26-13-17(19(28)20(29)18(26)22(27)31)21(30)25-11-16-3-1-2-8-24-16;/h1-8,13,29H,9-12H2,(H,25,30);1H. The number of aromatic hydroxyl groups is 1. The lowest BCUT2D eigenvalue weighted by Crippen LogP contribution is -2.42. The molecule has 4 rings (SSSR count). The topological polar surface area (TPSA) is 105 Å². The van der Waals surface area contributed by atoms with Crippen molar-refractivity contribution >= 4 is 24.2 Å². The van der Waals surface area contributed by atoms with Crippen LogP contribution < -0.4 is 10.7 Å². The Bertz CT molecular complexity index is 1200. The Morgan fingerprint density at radius 1 is 1.12 bits per heavy atom. The average molecular weight is 459 g/mol. The van der Waals surface area contributed by atoms with Crippen molar-refractivity contribution in [2.75, 3.05) is 6.54 Å². The molecular formula is C22H20ClFN4O4. The number of pyridine rings is 2. The van der Waals surface area contributed by atoms with E-state index in [1.165, 1.54) is 27.8 Å². The largest absolute Gasteiger partial charge is 0.503 e. The van der Waals surface area contributed by atoms with Crippen molar-refractivity contribution < 1.29 is 19.1 Å². The van der Waals surface area contributed by atoms with Gasteiger partial charge in [-0.2, -0.15) is 0 Å². The number of hydrogen-bond acceptors (Lipinski definition) is 5. The van der Waals surface area contributed by atoms with Crippen molar-refractivity contribution in [1.82, 2.24) is 19.8 Å². The highest BCUT2D eigenvalue weighted by atomic mass is 35.5. The molecule has 8 nitrogen and oxygen atoms in total. The molecule has 1 aromatic carbocycles. The Labute approximate surface area is 188 Å². The van der Waals surface area contributed by atoms with E-state index >= 15 is 0 Å². The quantitative estimate of drug-likeness (QED) is 0.609. The fourth-order valence-electron chi connectivity index (χ4n) is 3.42. The molecule has 1 aliphatic heterocycles. The molecule has 3 heterocycles. The molecule has 10 heteroatoms. The van der Waals surface area contributed by atoms with Crippen LogP contribution in [0, 0.1) is 5.82 Å². The minimum atomic E-state index is -0.915. The van der Waals surface area contributed by atoms with Crippen LogP contribution in [0.3, 0.4) is 0 Å². The van der Waals surface area contributed by atoms with E-state index in [9.17, 15) is 23.9 Å². The van der Waals surface area contributed by atoms with Gasteiger partial charge in [0, 0.05) is 32.0 Å². The summed E-state index contributed by atoms with van der Waals surface area (Å²) in [4.78, 5) is 43.5. The number of amides is 2. The van der Waals surface area contributed by atoms with Gasteiger partial charge in [0.15, 0.2) is 11.4 Å². The summed E-state index contributed by atoms with van der Waals surface area (Å²) < 4.78 is 14.5. The summed E-state index contributed by atoms with van der Waals surface area (Å²) in [7, 11) is 0. The second-order valence-electron chi connectivity index (χ2n) is 7.12. The van der Waals surface area contributed by atoms with Gasteiger partial charge in [-0.15, -0.1) is 12.4 Å². The van der Waals surface area contributed by atoms with Gasteiger partial charge in [0.2, 0.25) is 5.43 Å². The Balaban J connectivity index is 0.00000289. The summed E-state index contributed by atoms with van der Waals surface area (Å²) in [6, 6.07) is 11.0. The van der Waals surface area contributed by atoms with Gasteiger partial charge in [-0.3, -0.25) is 19.4 Å². The van der Waals surface area contributed by atoms with Gasteiger partial charge in [0.1, 0.15) is 11.4 Å². The number of fused-ring (bicyclic) bond motifs is 1. The molecule has 0 spiro atoms. The molecule has 2 amide bonds. The first-order chi connectivity index (χ1) is 14.9. The Morgan fingerprint density at radius 3 is 2.56 bits per heavy atom. The molecule has 166 valence electrons. The highest BCUT2D eigenvalue weighted by Gasteiger charge is 2.30. The van der Waals surface area contributed by atoms with Gasteiger partial charge in [0.05, 0.1) is 12.2 Å². The number of rotatable bonds is 5. The Hall–Kier alpha value is -3.72. The average Bonchev–Trinajstić information content (AvgIpc) is 2.78. The van der Waals surface area contributed by atoms with Crippen LogP contribution in [0.1, 0.15) is 32.1 Å². The molecule has 0 saturated carbocycles. The predicted molar refractivity (Wildman–Crippen MR) is 116 cm³/mol. The molecule has 0 aliphatic carbocycles. The van der Waals surface area contributed by atoms with Crippen LogP contribution in [0.4, 0.5) is 4.39 Å². The summed E-state index contributed by atoms with van der Waals surface area (Å²) in [5, 5.41) is 13.0. The second-order valence-corrected chi connectivity index (χ2v) is 7.12. The van der Waals surface area contributed by atoms with Crippen LogP contribution in [-0.2, 0) is 19.6 Å². The van der Waals surface area contributed by atoms with Crippen LogP contribution in [0.2, 0.25) is 0 Å². The summed E-state index contributed by atoms with van der Waals surface area (Å²) in [5.74, 6) is -2.34. The molecule has 32 heavy (non-hydrogen) atoms. The lowest BCUT2D eigenvalue weighted by atomic mass is 10.1. The minimum absolute atomic E-state index is 0. The molecule has 0 radical (unpaired) electrons. The van der Waals surface area contributed by atoms with Crippen molar-refractivity contribution in [1.29, 1.82) is 0 Å². The van der Waals surface area contributed by atoms with Crippen LogP contribution in [0.5, 0.6) is 5.75 Å². The minimum Gasteiger partial charge on any atom is -0.503 e. The zero-order valence-electron chi connectivity index (χ0n) is 16.8. The van der Waals surface area contributed by atoms with Gasteiger partial charge in [-0.1, -0.05) is 18.2 Å². The number of carbonyl (C=O) groups is 2. The molecule has 0 bridgehead atoms. The van der Waals surface area contributed by atoms with Crippen LogP contribution in [-0.4, -0.2) is 37.9 Å². The fraction of sp³-hybridized carbons (Fsp3) is 0.182. The van der Waals surface area contributed by atoms with E-state index in [2.05, 4.69) is 10.3 Å². The van der Waals surface area contributed by atoms with E-state index in [1.54, 1.807) is 36.5 Å². The molecular weight excluding hydrogens is 439 g/mol. The van der Waals surface area contributed by atoms with Crippen molar-refractivity contribution in [2.45, 2.75) is 19.6 Å². The summed E-state index contributed by atoms with van der Waals surface area (Å²) >= 11 is 0. The zero-order valence-corrected chi connectivity index (χ0v) is 17.6. The molecule has 0 unspecified atom stereocenters. The first-order valence-electron chi connectivity index (χ1n) is 9.62. The smallest absolute Gasteiger partial charge is 0.274 e. The fourth-order valence-corrected chi connectivity index (χ4v) is 3.42. The van der Waals surface area contributed by atoms with Crippen LogP contribution >= 0.6 is 12.4 Å². The molecule has 2 N–H and O–H groups in total. The van der Waals surface area contributed by atoms with E-state index in [-0.39, 0.29) is 49.1 Å². The van der Waals surface area contributed by atoms with E-state index in [1.807, 2.05) is 0 Å². The molecule has 0 fully saturated rings. The van der Waals surface area contributed by atoms with Crippen molar-refractivity contribution in [2.24, 2.45) is 0 Å². The number of nitrogens with zero attached hydrogens (tertiary/aromatic N) is 3. The number of halogens is 2. The van der Waals surface area contributed by atoms with Gasteiger partial charge >= 0.3 is 0 Å². The van der Waals surface area contributed by atoms with Gasteiger partial charge in [0.25, 0.3) is 11.8 Å². The normalized spacial score (nSPS) is 12.7. The maximum absolute atomic E-state index is 13.1. The second kappa shape index (κ2) is 9.61. The highest BCUT2D eigenvalue weighted by molar-refractivity contribution is 5.99. The monoisotopic (exact) mass is 458 g/mol. The van der Waals surface area contributed by atoms with E-state index < -0.39 is 23.0 Å². The van der Waals surface area contributed by atoms with Crippen molar-refractivity contribution in [3.8, 4) is 5.75 Å². The van der Waals surface area contributed by atoms with Crippen molar-refractivity contribution in [3.05, 3.63) is 93.4 Å². The molecule has 3 aromatic rings. The predicted octanol–water partition coefficient (Wildman–Crippen LogP) is 2.10. The number of carbonyl (C=O) groups excluding carboxylic acids is 2. The zero-order chi connectivity index (χ0) is 22.0.